The first-order chi connectivity index (χ1) is 6.29. The zero-order chi connectivity index (χ0) is 9.26. The molecule has 0 spiro atoms. The molecular formula is C10H9BFN. The van der Waals surface area contributed by atoms with Crippen LogP contribution in [0.3, 0.4) is 0 Å². The smallest absolute Gasteiger partial charge is 0.123 e. The number of aromatic nitrogens is 1. The van der Waals surface area contributed by atoms with Gasteiger partial charge in [0.2, 0.25) is 0 Å². The van der Waals surface area contributed by atoms with Crippen LogP contribution in [0.5, 0.6) is 0 Å². The highest BCUT2D eigenvalue weighted by atomic mass is 19.1. The monoisotopic (exact) mass is 173 g/mol. The van der Waals surface area contributed by atoms with Gasteiger partial charge >= 0.3 is 0 Å². The van der Waals surface area contributed by atoms with E-state index >= 15 is 0 Å². The first kappa shape index (κ1) is 8.23. The maximum absolute atomic E-state index is 12.8. The van der Waals surface area contributed by atoms with Crippen molar-refractivity contribution in [2.24, 2.45) is 0 Å². The molecule has 0 saturated carbocycles. The normalized spacial score (nSPS) is 10.5. The number of hydrogen-bond acceptors (Lipinski definition) is 1. The molecule has 1 aromatic heterocycles. The number of fused-ring (bicyclic) bond motifs is 1. The molecule has 3 heteroatoms. The summed E-state index contributed by atoms with van der Waals surface area (Å²) in [4.78, 5) is 4.37. The molecule has 1 heterocycles. The van der Waals surface area contributed by atoms with Gasteiger partial charge in [-0.05, 0) is 30.6 Å². The molecule has 0 saturated heterocycles. The topological polar surface area (TPSA) is 12.9 Å². The number of pyridine rings is 1. The van der Waals surface area contributed by atoms with Gasteiger partial charge in [-0.25, -0.2) is 4.39 Å². The summed E-state index contributed by atoms with van der Waals surface area (Å²) in [5, 5.41) is 0.859. The third-order valence-electron chi connectivity index (χ3n) is 2.07. The standard InChI is InChI=1S/C10H9BFN/c11-6-9-3-1-7-5-8(12)2-4-10(7)13-9/h1-5H,6,11H2. The van der Waals surface area contributed by atoms with Crippen LogP contribution in [0.1, 0.15) is 5.69 Å². The molecule has 1 nitrogen and oxygen atoms in total. The van der Waals surface area contributed by atoms with Crippen LogP contribution >= 0.6 is 0 Å². The minimum atomic E-state index is -0.210. The highest BCUT2D eigenvalue weighted by Crippen LogP contribution is 2.13. The predicted molar refractivity (Wildman–Crippen MR) is 53.9 cm³/mol. The van der Waals surface area contributed by atoms with Crippen molar-refractivity contribution in [3.8, 4) is 0 Å². The van der Waals surface area contributed by atoms with Gasteiger partial charge in [-0.1, -0.05) is 6.07 Å². The Morgan fingerprint density at radius 1 is 1.23 bits per heavy atom. The Bertz CT molecular complexity index is 442. The lowest BCUT2D eigenvalue weighted by Crippen LogP contribution is -1.89. The van der Waals surface area contributed by atoms with E-state index in [1.165, 1.54) is 12.1 Å². The van der Waals surface area contributed by atoms with Gasteiger partial charge in [0.05, 0.1) is 5.52 Å². The van der Waals surface area contributed by atoms with Crippen LogP contribution in [0.4, 0.5) is 4.39 Å². The average Bonchev–Trinajstić information content (AvgIpc) is 2.17. The molecule has 0 aliphatic heterocycles. The van der Waals surface area contributed by atoms with Crippen molar-refractivity contribution < 1.29 is 4.39 Å². The van der Waals surface area contributed by atoms with Gasteiger partial charge in [0.25, 0.3) is 0 Å². The van der Waals surface area contributed by atoms with Crippen LogP contribution in [0.15, 0.2) is 30.3 Å². The van der Waals surface area contributed by atoms with E-state index < -0.39 is 0 Å². The lowest BCUT2D eigenvalue weighted by atomic mass is 10.0. The third kappa shape index (κ3) is 1.54. The van der Waals surface area contributed by atoms with Gasteiger partial charge < -0.3 is 0 Å². The van der Waals surface area contributed by atoms with E-state index in [-0.39, 0.29) is 5.82 Å². The predicted octanol–water partition coefficient (Wildman–Crippen LogP) is 1.51. The molecule has 1 aromatic carbocycles. The quantitative estimate of drug-likeness (QED) is 0.595. The average molecular weight is 173 g/mol. The molecule has 2 rings (SSSR count). The van der Waals surface area contributed by atoms with Crippen LogP contribution < -0.4 is 0 Å². The Labute approximate surface area is 77.0 Å². The number of nitrogens with zero attached hydrogens (tertiary/aromatic N) is 1. The SMILES string of the molecule is BCc1ccc2cc(F)ccc2n1. The van der Waals surface area contributed by atoms with Gasteiger partial charge in [0.1, 0.15) is 13.7 Å². The number of benzene rings is 1. The largest absolute Gasteiger partial charge is 0.254 e. The summed E-state index contributed by atoms with van der Waals surface area (Å²) < 4.78 is 12.8. The van der Waals surface area contributed by atoms with Crippen LogP contribution in [0.25, 0.3) is 10.9 Å². The minimum absolute atomic E-state index is 0.210. The maximum Gasteiger partial charge on any atom is 0.123 e. The molecular weight excluding hydrogens is 164 g/mol. The third-order valence-corrected chi connectivity index (χ3v) is 2.07. The molecule has 0 aliphatic rings. The molecule has 64 valence electrons. The van der Waals surface area contributed by atoms with Crippen molar-refractivity contribution >= 4 is 18.7 Å². The lowest BCUT2D eigenvalue weighted by molar-refractivity contribution is 0.629. The molecule has 0 bridgehead atoms. The first-order valence-electron chi connectivity index (χ1n) is 4.35. The summed E-state index contributed by atoms with van der Waals surface area (Å²) >= 11 is 0. The van der Waals surface area contributed by atoms with Crippen molar-refractivity contribution in [2.75, 3.05) is 0 Å². The molecule has 0 atom stereocenters. The molecule has 13 heavy (non-hydrogen) atoms. The van der Waals surface area contributed by atoms with Gasteiger partial charge in [-0.2, -0.15) is 0 Å². The summed E-state index contributed by atoms with van der Waals surface area (Å²) in [5.41, 5.74) is 1.90. The van der Waals surface area contributed by atoms with Crippen molar-refractivity contribution in [1.82, 2.24) is 4.98 Å². The van der Waals surface area contributed by atoms with Crippen LogP contribution in [-0.2, 0) is 6.32 Å². The van der Waals surface area contributed by atoms with Gasteiger partial charge in [-0.3, -0.25) is 4.98 Å². The summed E-state index contributed by atoms with van der Waals surface area (Å²) in [7, 11) is 2.05. The molecule has 0 fully saturated rings. The molecule has 0 aliphatic carbocycles. The fourth-order valence-corrected chi connectivity index (χ4v) is 1.34. The summed E-state index contributed by atoms with van der Waals surface area (Å²) in [6, 6.07) is 8.49. The minimum Gasteiger partial charge on any atom is -0.254 e. The number of hydrogen-bond donors (Lipinski definition) is 0. The van der Waals surface area contributed by atoms with Crippen molar-refractivity contribution in [3.05, 3.63) is 41.8 Å². The zero-order valence-corrected chi connectivity index (χ0v) is 7.42. The van der Waals surface area contributed by atoms with E-state index in [0.29, 0.717) is 0 Å². The second-order valence-corrected chi connectivity index (χ2v) is 2.99. The fraction of sp³-hybridized carbons (Fsp3) is 0.100. The second kappa shape index (κ2) is 3.17. The van der Waals surface area contributed by atoms with Crippen LogP contribution in [-0.4, -0.2) is 12.8 Å². The van der Waals surface area contributed by atoms with Crippen molar-refractivity contribution in [3.63, 3.8) is 0 Å². The molecule has 0 amide bonds. The lowest BCUT2D eigenvalue weighted by Gasteiger charge is -1.99. The molecule has 0 radical (unpaired) electrons. The molecule has 0 N–H and O–H groups in total. The molecule has 0 unspecified atom stereocenters. The number of halogens is 1. The zero-order valence-electron chi connectivity index (χ0n) is 7.42. The number of rotatable bonds is 1. The summed E-state index contributed by atoms with van der Waals surface area (Å²) in [5.74, 6) is -0.210. The van der Waals surface area contributed by atoms with E-state index in [0.717, 1.165) is 22.9 Å². The highest BCUT2D eigenvalue weighted by molar-refractivity contribution is 6.08. The maximum atomic E-state index is 12.8. The van der Waals surface area contributed by atoms with E-state index in [4.69, 9.17) is 0 Å². The summed E-state index contributed by atoms with van der Waals surface area (Å²) in [6.45, 7) is 0. The van der Waals surface area contributed by atoms with Crippen molar-refractivity contribution in [2.45, 2.75) is 6.32 Å². The van der Waals surface area contributed by atoms with Crippen molar-refractivity contribution in [1.29, 1.82) is 0 Å². The van der Waals surface area contributed by atoms with E-state index in [2.05, 4.69) is 12.8 Å². The van der Waals surface area contributed by atoms with E-state index in [9.17, 15) is 4.39 Å². The Morgan fingerprint density at radius 3 is 2.85 bits per heavy atom. The van der Waals surface area contributed by atoms with Gasteiger partial charge in [0.15, 0.2) is 0 Å². The first-order valence-corrected chi connectivity index (χ1v) is 4.35. The Hall–Kier alpha value is -1.38. The summed E-state index contributed by atoms with van der Waals surface area (Å²) in [6.07, 6.45) is 0.910. The van der Waals surface area contributed by atoms with E-state index in [1.54, 1.807) is 6.07 Å². The van der Waals surface area contributed by atoms with Gasteiger partial charge in [-0.15, -0.1) is 0 Å². The van der Waals surface area contributed by atoms with E-state index in [1.807, 2.05) is 12.1 Å². The Morgan fingerprint density at radius 2 is 2.08 bits per heavy atom. The molecule has 2 aromatic rings. The van der Waals surface area contributed by atoms with Crippen LogP contribution in [0.2, 0.25) is 0 Å². The Balaban J connectivity index is 2.66. The highest BCUT2D eigenvalue weighted by Gasteiger charge is 1.97. The van der Waals surface area contributed by atoms with Gasteiger partial charge in [0, 0.05) is 11.1 Å². The second-order valence-electron chi connectivity index (χ2n) is 2.99. The fourth-order valence-electron chi connectivity index (χ4n) is 1.34. The Kier molecular flexibility index (Phi) is 2.01. The van der Waals surface area contributed by atoms with Crippen LogP contribution in [0, 0.1) is 5.82 Å².